The van der Waals surface area contributed by atoms with E-state index in [9.17, 15) is 0 Å². The van der Waals surface area contributed by atoms with Crippen molar-refractivity contribution in [3.8, 4) is 0 Å². The van der Waals surface area contributed by atoms with Crippen molar-refractivity contribution in [1.29, 1.82) is 0 Å². The number of rotatable bonds is 1. The molecule has 0 aromatic carbocycles. The van der Waals surface area contributed by atoms with E-state index < -0.39 is 0 Å². The molecule has 0 spiro atoms. The summed E-state index contributed by atoms with van der Waals surface area (Å²) < 4.78 is 0. The lowest BCUT2D eigenvalue weighted by Gasteiger charge is -2.38. The molecule has 70 valence electrons. The smallest absolute Gasteiger partial charge is 0.222 e. The van der Waals surface area contributed by atoms with Gasteiger partial charge in [-0.2, -0.15) is 4.98 Å². The van der Waals surface area contributed by atoms with Crippen LogP contribution < -0.4 is 10.6 Å². The second kappa shape index (κ2) is 3.03. The molecule has 4 nitrogen and oxygen atoms in total. The zero-order valence-corrected chi connectivity index (χ0v) is 8.12. The Balaban J connectivity index is 2.24. The van der Waals surface area contributed by atoms with Crippen LogP contribution in [0.2, 0.25) is 5.02 Å². The van der Waals surface area contributed by atoms with Crippen LogP contribution in [0, 0.1) is 5.92 Å². The molecule has 1 aromatic rings. The van der Waals surface area contributed by atoms with E-state index >= 15 is 0 Å². The molecule has 1 aromatic heterocycles. The molecule has 0 bridgehead atoms. The Hall–Kier alpha value is -1.03. The number of nitrogen functional groups attached to an aromatic ring is 1. The molecule has 1 saturated heterocycles. The zero-order chi connectivity index (χ0) is 9.42. The minimum Gasteiger partial charge on any atom is -0.368 e. The highest BCUT2D eigenvalue weighted by Gasteiger charge is 2.25. The van der Waals surface area contributed by atoms with Crippen LogP contribution >= 0.6 is 11.6 Å². The summed E-state index contributed by atoms with van der Waals surface area (Å²) >= 11 is 5.93. The molecule has 0 atom stereocenters. The normalized spacial score (nSPS) is 17.2. The van der Waals surface area contributed by atoms with E-state index in [1.165, 1.54) is 0 Å². The summed E-state index contributed by atoms with van der Waals surface area (Å²) in [6, 6.07) is 0. The van der Waals surface area contributed by atoms with Crippen molar-refractivity contribution in [3.63, 3.8) is 0 Å². The van der Waals surface area contributed by atoms with Gasteiger partial charge in [-0.05, 0) is 5.92 Å². The van der Waals surface area contributed by atoms with Crippen LogP contribution in [-0.4, -0.2) is 23.1 Å². The van der Waals surface area contributed by atoms with Crippen LogP contribution in [0.1, 0.15) is 6.92 Å². The van der Waals surface area contributed by atoms with Crippen molar-refractivity contribution in [1.82, 2.24) is 9.97 Å². The maximum atomic E-state index is 5.93. The molecule has 1 fully saturated rings. The van der Waals surface area contributed by atoms with Crippen molar-refractivity contribution in [2.75, 3.05) is 23.7 Å². The van der Waals surface area contributed by atoms with Crippen LogP contribution in [0.25, 0.3) is 0 Å². The van der Waals surface area contributed by atoms with Crippen molar-refractivity contribution in [3.05, 3.63) is 11.2 Å². The minimum atomic E-state index is 0.277. The molecule has 1 aliphatic heterocycles. The second-order valence-electron chi connectivity index (χ2n) is 3.41. The van der Waals surface area contributed by atoms with Gasteiger partial charge >= 0.3 is 0 Å². The molecule has 2 heterocycles. The average Bonchev–Trinajstić information content (AvgIpc) is 2.04. The zero-order valence-electron chi connectivity index (χ0n) is 7.37. The predicted octanol–water partition coefficient (Wildman–Crippen LogP) is 1.17. The lowest BCUT2D eigenvalue weighted by molar-refractivity contribution is 0.443. The first-order valence-corrected chi connectivity index (χ1v) is 4.57. The molecule has 0 radical (unpaired) electrons. The van der Waals surface area contributed by atoms with Gasteiger partial charge in [0.15, 0.2) is 5.82 Å². The van der Waals surface area contributed by atoms with E-state index in [1.807, 2.05) is 0 Å². The lowest BCUT2D eigenvalue weighted by Crippen LogP contribution is -2.45. The van der Waals surface area contributed by atoms with E-state index in [0.717, 1.165) is 18.9 Å². The first-order chi connectivity index (χ1) is 6.16. The number of halogens is 1. The maximum Gasteiger partial charge on any atom is 0.222 e. The molecule has 5 heteroatoms. The third kappa shape index (κ3) is 1.54. The quantitative estimate of drug-likeness (QED) is 0.736. The summed E-state index contributed by atoms with van der Waals surface area (Å²) in [5.74, 6) is 1.75. The minimum absolute atomic E-state index is 0.277. The first kappa shape index (κ1) is 8.56. The maximum absolute atomic E-state index is 5.93. The molecule has 2 rings (SSSR count). The highest BCUT2D eigenvalue weighted by Crippen LogP contribution is 2.28. The molecule has 2 N–H and O–H groups in total. The summed E-state index contributed by atoms with van der Waals surface area (Å²) in [5, 5.41) is 0.570. The first-order valence-electron chi connectivity index (χ1n) is 4.20. The van der Waals surface area contributed by atoms with Gasteiger partial charge in [0.05, 0.1) is 6.20 Å². The van der Waals surface area contributed by atoms with Gasteiger partial charge in [0.1, 0.15) is 5.02 Å². The van der Waals surface area contributed by atoms with Crippen molar-refractivity contribution < 1.29 is 0 Å². The van der Waals surface area contributed by atoms with Crippen LogP contribution in [-0.2, 0) is 0 Å². The molecule has 0 amide bonds. The number of hydrogen-bond donors (Lipinski definition) is 1. The topological polar surface area (TPSA) is 55.0 Å². The Bertz CT molecular complexity index is 322. The van der Waals surface area contributed by atoms with Gasteiger partial charge in [-0.3, -0.25) is 0 Å². The fourth-order valence-electron chi connectivity index (χ4n) is 1.46. The van der Waals surface area contributed by atoms with Gasteiger partial charge < -0.3 is 10.6 Å². The molecule has 1 aliphatic rings. The fourth-order valence-corrected chi connectivity index (χ4v) is 1.68. The third-order valence-corrected chi connectivity index (χ3v) is 2.37. The molecular formula is C8H11ClN4. The summed E-state index contributed by atoms with van der Waals surface area (Å²) in [6.45, 7) is 4.18. The average molecular weight is 199 g/mol. The molecular weight excluding hydrogens is 188 g/mol. The van der Waals surface area contributed by atoms with Crippen LogP contribution in [0.3, 0.4) is 0 Å². The summed E-state index contributed by atoms with van der Waals surface area (Å²) in [5.41, 5.74) is 5.47. The number of aromatic nitrogens is 2. The monoisotopic (exact) mass is 198 g/mol. The number of hydrogen-bond acceptors (Lipinski definition) is 4. The van der Waals surface area contributed by atoms with Gasteiger partial charge in [0, 0.05) is 13.1 Å². The SMILES string of the molecule is CC1CN(c2nc(N)ncc2Cl)C1. The van der Waals surface area contributed by atoms with Crippen molar-refractivity contribution >= 4 is 23.4 Å². The second-order valence-corrected chi connectivity index (χ2v) is 3.82. The van der Waals surface area contributed by atoms with Crippen molar-refractivity contribution in [2.45, 2.75) is 6.92 Å². The third-order valence-electron chi connectivity index (χ3n) is 2.11. The fraction of sp³-hybridized carbons (Fsp3) is 0.500. The molecule has 0 unspecified atom stereocenters. The summed E-state index contributed by atoms with van der Waals surface area (Å²) in [4.78, 5) is 10.00. The Kier molecular flexibility index (Phi) is 2.00. The molecule has 13 heavy (non-hydrogen) atoms. The van der Waals surface area contributed by atoms with Gasteiger partial charge in [0.25, 0.3) is 0 Å². The van der Waals surface area contributed by atoms with E-state index in [-0.39, 0.29) is 5.95 Å². The summed E-state index contributed by atoms with van der Waals surface area (Å²) in [7, 11) is 0. The van der Waals surface area contributed by atoms with E-state index in [1.54, 1.807) is 6.20 Å². The Morgan fingerprint density at radius 1 is 1.62 bits per heavy atom. The van der Waals surface area contributed by atoms with Gasteiger partial charge in [0.2, 0.25) is 5.95 Å². The number of nitrogens with two attached hydrogens (primary N) is 1. The predicted molar refractivity (Wildman–Crippen MR) is 52.8 cm³/mol. The van der Waals surface area contributed by atoms with Crippen LogP contribution in [0.5, 0.6) is 0 Å². The van der Waals surface area contributed by atoms with E-state index in [4.69, 9.17) is 17.3 Å². The van der Waals surface area contributed by atoms with E-state index in [2.05, 4.69) is 21.8 Å². The molecule has 0 saturated carbocycles. The Labute approximate surface area is 81.7 Å². The standard InChI is InChI=1S/C8H11ClN4/c1-5-3-13(4-5)7-6(9)2-11-8(10)12-7/h2,5H,3-4H2,1H3,(H2,10,11,12). The van der Waals surface area contributed by atoms with Gasteiger partial charge in [-0.1, -0.05) is 18.5 Å². The largest absolute Gasteiger partial charge is 0.368 e. The van der Waals surface area contributed by atoms with Gasteiger partial charge in [-0.15, -0.1) is 0 Å². The van der Waals surface area contributed by atoms with E-state index in [0.29, 0.717) is 10.9 Å². The van der Waals surface area contributed by atoms with Crippen molar-refractivity contribution in [2.24, 2.45) is 5.92 Å². The summed E-state index contributed by atoms with van der Waals surface area (Å²) in [6.07, 6.45) is 1.54. The number of anilines is 2. The highest BCUT2D eigenvalue weighted by atomic mass is 35.5. The Morgan fingerprint density at radius 2 is 2.31 bits per heavy atom. The highest BCUT2D eigenvalue weighted by molar-refractivity contribution is 6.32. The van der Waals surface area contributed by atoms with Crippen LogP contribution in [0.15, 0.2) is 6.20 Å². The molecule has 0 aliphatic carbocycles. The number of nitrogens with zero attached hydrogens (tertiary/aromatic N) is 3. The van der Waals surface area contributed by atoms with Gasteiger partial charge in [-0.25, -0.2) is 4.98 Å². The Morgan fingerprint density at radius 3 is 2.92 bits per heavy atom. The lowest BCUT2D eigenvalue weighted by atomic mass is 10.0. The van der Waals surface area contributed by atoms with Crippen LogP contribution in [0.4, 0.5) is 11.8 Å².